The van der Waals surface area contributed by atoms with Gasteiger partial charge in [0.2, 0.25) is 0 Å². The average molecular weight is 247 g/mol. The molecule has 1 amide bonds. The van der Waals surface area contributed by atoms with Crippen LogP contribution in [0, 0.1) is 0 Å². The number of nitrogens with zero attached hydrogens (tertiary/aromatic N) is 2. The zero-order chi connectivity index (χ0) is 13.1. The number of rotatable bonds is 4. The summed E-state index contributed by atoms with van der Waals surface area (Å²) < 4.78 is 1.73. The topological polar surface area (TPSA) is 83.7 Å². The van der Waals surface area contributed by atoms with Gasteiger partial charge in [0.25, 0.3) is 5.91 Å². The molecule has 6 nitrogen and oxygen atoms in total. The number of fused-ring (bicyclic) bond motifs is 1. The molecule has 0 fully saturated rings. The van der Waals surface area contributed by atoms with E-state index in [1.54, 1.807) is 42.0 Å². The van der Waals surface area contributed by atoms with Gasteiger partial charge < -0.3 is 14.8 Å². The number of pyridine rings is 1. The molecule has 0 saturated heterocycles. The Morgan fingerprint density at radius 3 is 3.00 bits per heavy atom. The zero-order valence-electron chi connectivity index (χ0n) is 9.83. The van der Waals surface area contributed by atoms with Crippen LogP contribution in [0.5, 0.6) is 0 Å². The van der Waals surface area contributed by atoms with E-state index in [0.717, 1.165) is 5.65 Å². The van der Waals surface area contributed by atoms with E-state index in [-0.39, 0.29) is 12.3 Å². The van der Waals surface area contributed by atoms with Crippen molar-refractivity contribution in [3.05, 3.63) is 36.3 Å². The van der Waals surface area contributed by atoms with E-state index >= 15 is 0 Å². The number of aliphatic carboxylic acids is 1. The summed E-state index contributed by atoms with van der Waals surface area (Å²) in [5, 5.41) is 11.2. The maximum Gasteiger partial charge on any atom is 0.305 e. The minimum absolute atomic E-state index is 0.0982. The summed E-state index contributed by atoms with van der Waals surface area (Å²) in [5.41, 5.74) is 1.22. The van der Waals surface area contributed by atoms with Crippen LogP contribution in [0.1, 0.15) is 23.7 Å². The summed E-state index contributed by atoms with van der Waals surface area (Å²) in [6.07, 6.45) is 4.95. The molecule has 94 valence electrons. The van der Waals surface area contributed by atoms with Gasteiger partial charge >= 0.3 is 5.97 Å². The second kappa shape index (κ2) is 4.87. The average Bonchev–Trinajstić information content (AvgIpc) is 2.74. The number of nitrogens with one attached hydrogen (secondary N) is 1. The first-order valence-corrected chi connectivity index (χ1v) is 5.51. The number of imidazole rings is 1. The lowest BCUT2D eigenvalue weighted by Crippen LogP contribution is -2.34. The van der Waals surface area contributed by atoms with Gasteiger partial charge in [-0.1, -0.05) is 0 Å². The molecule has 0 saturated carbocycles. The van der Waals surface area contributed by atoms with Gasteiger partial charge in [0.05, 0.1) is 12.0 Å². The third-order valence-electron chi connectivity index (χ3n) is 2.51. The molecule has 6 heteroatoms. The minimum Gasteiger partial charge on any atom is -0.481 e. The SMILES string of the molecule is CC(CC(=O)O)NC(=O)c1ccc2nccn2c1. The highest BCUT2D eigenvalue weighted by Crippen LogP contribution is 2.05. The number of carbonyl (C=O) groups is 2. The number of hydrogen-bond donors (Lipinski definition) is 2. The second-order valence-corrected chi connectivity index (χ2v) is 4.08. The van der Waals surface area contributed by atoms with E-state index in [9.17, 15) is 9.59 Å². The molecule has 0 aliphatic heterocycles. The van der Waals surface area contributed by atoms with E-state index in [2.05, 4.69) is 10.3 Å². The van der Waals surface area contributed by atoms with Crippen molar-refractivity contribution in [1.82, 2.24) is 14.7 Å². The molecule has 2 N–H and O–H groups in total. The fourth-order valence-corrected chi connectivity index (χ4v) is 1.67. The lowest BCUT2D eigenvalue weighted by atomic mass is 10.2. The Labute approximate surface area is 103 Å². The highest BCUT2D eigenvalue weighted by Gasteiger charge is 2.12. The molecule has 0 bridgehead atoms. The summed E-state index contributed by atoms with van der Waals surface area (Å²) in [7, 11) is 0. The number of aromatic nitrogens is 2. The third kappa shape index (κ3) is 2.65. The molecule has 0 radical (unpaired) electrons. The lowest BCUT2D eigenvalue weighted by Gasteiger charge is -2.11. The van der Waals surface area contributed by atoms with Gasteiger partial charge in [-0.15, -0.1) is 0 Å². The van der Waals surface area contributed by atoms with Crippen LogP contribution in [0.2, 0.25) is 0 Å². The van der Waals surface area contributed by atoms with Crippen LogP contribution >= 0.6 is 0 Å². The Morgan fingerprint density at radius 1 is 1.50 bits per heavy atom. The lowest BCUT2D eigenvalue weighted by molar-refractivity contribution is -0.137. The second-order valence-electron chi connectivity index (χ2n) is 4.08. The molecule has 0 spiro atoms. The largest absolute Gasteiger partial charge is 0.481 e. The quantitative estimate of drug-likeness (QED) is 0.841. The molecule has 18 heavy (non-hydrogen) atoms. The number of amides is 1. The number of carbonyl (C=O) groups excluding carboxylic acids is 1. The molecule has 0 aliphatic carbocycles. The van der Waals surface area contributed by atoms with E-state index in [1.165, 1.54) is 0 Å². The zero-order valence-corrected chi connectivity index (χ0v) is 9.83. The van der Waals surface area contributed by atoms with Gasteiger partial charge in [-0.2, -0.15) is 0 Å². The number of carboxylic acid groups (broad SMARTS) is 1. The van der Waals surface area contributed by atoms with Crippen molar-refractivity contribution in [3.8, 4) is 0 Å². The van der Waals surface area contributed by atoms with E-state index in [1.807, 2.05) is 0 Å². The Kier molecular flexibility index (Phi) is 3.27. The molecule has 0 aromatic carbocycles. The van der Waals surface area contributed by atoms with Crippen LogP contribution in [0.15, 0.2) is 30.7 Å². The minimum atomic E-state index is -0.937. The molecule has 0 aliphatic rings. The standard InChI is InChI=1S/C12H13N3O3/c1-8(6-11(16)17)14-12(18)9-2-3-10-13-4-5-15(10)7-9/h2-5,7-8H,6H2,1H3,(H,14,18)(H,16,17). The van der Waals surface area contributed by atoms with Crippen LogP contribution in [-0.2, 0) is 4.79 Å². The molecule has 1 atom stereocenters. The van der Waals surface area contributed by atoms with E-state index < -0.39 is 12.0 Å². The van der Waals surface area contributed by atoms with Gasteiger partial charge in [-0.3, -0.25) is 9.59 Å². The summed E-state index contributed by atoms with van der Waals surface area (Å²) in [4.78, 5) is 26.4. The van der Waals surface area contributed by atoms with Crippen molar-refractivity contribution in [2.24, 2.45) is 0 Å². The maximum absolute atomic E-state index is 11.9. The van der Waals surface area contributed by atoms with Crippen molar-refractivity contribution < 1.29 is 14.7 Å². The smallest absolute Gasteiger partial charge is 0.305 e. The fraction of sp³-hybridized carbons (Fsp3) is 0.250. The summed E-state index contributed by atoms with van der Waals surface area (Å²) in [6, 6.07) is 2.98. The van der Waals surface area contributed by atoms with Crippen LogP contribution in [-0.4, -0.2) is 32.4 Å². The van der Waals surface area contributed by atoms with Crippen LogP contribution in [0.3, 0.4) is 0 Å². The molecular formula is C12H13N3O3. The Hall–Kier alpha value is -2.37. The van der Waals surface area contributed by atoms with Gasteiger partial charge in [0.1, 0.15) is 5.65 Å². The Morgan fingerprint density at radius 2 is 2.28 bits per heavy atom. The normalized spacial score (nSPS) is 12.3. The number of carboxylic acids is 1. The molecule has 2 aromatic heterocycles. The van der Waals surface area contributed by atoms with E-state index in [0.29, 0.717) is 5.56 Å². The summed E-state index contributed by atoms with van der Waals surface area (Å²) in [5.74, 6) is -1.23. The number of hydrogen-bond acceptors (Lipinski definition) is 3. The summed E-state index contributed by atoms with van der Waals surface area (Å²) in [6.45, 7) is 1.65. The van der Waals surface area contributed by atoms with Gasteiger partial charge in [-0.05, 0) is 19.1 Å². The molecule has 1 unspecified atom stereocenters. The summed E-state index contributed by atoms with van der Waals surface area (Å²) >= 11 is 0. The Bertz CT molecular complexity index is 591. The highest BCUT2D eigenvalue weighted by atomic mass is 16.4. The fourth-order valence-electron chi connectivity index (χ4n) is 1.67. The van der Waals surface area contributed by atoms with E-state index in [4.69, 9.17) is 5.11 Å². The monoisotopic (exact) mass is 247 g/mol. The van der Waals surface area contributed by atoms with Crippen LogP contribution in [0.25, 0.3) is 5.65 Å². The van der Waals surface area contributed by atoms with Crippen molar-refractivity contribution >= 4 is 17.5 Å². The highest BCUT2D eigenvalue weighted by molar-refractivity contribution is 5.94. The maximum atomic E-state index is 11.9. The predicted molar refractivity (Wildman–Crippen MR) is 64.4 cm³/mol. The van der Waals surface area contributed by atoms with Crippen molar-refractivity contribution in [2.75, 3.05) is 0 Å². The van der Waals surface area contributed by atoms with Crippen LogP contribution < -0.4 is 5.32 Å². The van der Waals surface area contributed by atoms with Crippen molar-refractivity contribution in [2.45, 2.75) is 19.4 Å². The van der Waals surface area contributed by atoms with Gasteiger partial charge in [0, 0.05) is 24.6 Å². The molecule has 2 rings (SSSR count). The van der Waals surface area contributed by atoms with Gasteiger partial charge in [0.15, 0.2) is 0 Å². The Balaban J connectivity index is 2.10. The van der Waals surface area contributed by atoms with Crippen LogP contribution in [0.4, 0.5) is 0 Å². The van der Waals surface area contributed by atoms with Crippen molar-refractivity contribution in [3.63, 3.8) is 0 Å². The first-order valence-electron chi connectivity index (χ1n) is 5.51. The van der Waals surface area contributed by atoms with Gasteiger partial charge in [-0.25, -0.2) is 4.98 Å². The first-order chi connectivity index (χ1) is 8.56. The van der Waals surface area contributed by atoms with Crippen molar-refractivity contribution in [1.29, 1.82) is 0 Å². The first kappa shape index (κ1) is 12.1. The predicted octanol–water partition coefficient (Wildman–Crippen LogP) is 0.927. The molecule has 2 aromatic rings. The molecular weight excluding hydrogens is 234 g/mol. The third-order valence-corrected chi connectivity index (χ3v) is 2.51. The molecule has 2 heterocycles.